The number of benzene rings is 8. The molecule has 0 aliphatic rings. The van der Waals surface area contributed by atoms with Gasteiger partial charge in [0.15, 0.2) is 0 Å². The largest absolute Gasteiger partial charge is 0.309 e. The molecule has 0 spiro atoms. The topological polar surface area (TPSA) is 57.4 Å². The van der Waals surface area contributed by atoms with E-state index in [1.807, 2.05) is 18.2 Å². The number of aromatic nitrogens is 2. The quantitative estimate of drug-likeness (QED) is 0.181. The van der Waals surface area contributed by atoms with Crippen LogP contribution in [-0.4, -0.2) is 9.13 Å². The first kappa shape index (κ1) is 31.1. The standard InChI is InChI=1S/C50H30N4/c51-31-38-21-20-37(26-39(38)32-52)43-29-41(30-46-42-18-10-11-19-47(42)54(50(43)46)40-16-8-3-9-17-40)53-48-24-22-35(33-12-4-1-5-13-33)27-44(48)45-28-36(23-25-49(45)53)34-14-6-2-7-15-34/h1-30H. The van der Waals surface area contributed by atoms with Crippen molar-refractivity contribution in [2.24, 2.45) is 0 Å². The Morgan fingerprint density at radius 2 is 0.870 bits per heavy atom. The molecule has 4 nitrogen and oxygen atoms in total. The zero-order chi connectivity index (χ0) is 36.2. The van der Waals surface area contributed by atoms with E-state index in [0.29, 0.717) is 11.1 Å². The van der Waals surface area contributed by atoms with Crippen molar-refractivity contribution in [2.45, 2.75) is 0 Å². The summed E-state index contributed by atoms with van der Waals surface area (Å²) in [5, 5.41) is 24.5. The molecular weight excluding hydrogens is 657 g/mol. The Bertz CT molecular complexity index is 3060. The van der Waals surface area contributed by atoms with Gasteiger partial charge in [0.25, 0.3) is 0 Å². The van der Waals surface area contributed by atoms with Crippen molar-refractivity contribution in [3.05, 3.63) is 193 Å². The molecule has 10 aromatic rings. The fourth-order valence-corrected chi connectivity index (χ4v) is 8.10. The second-order valence-electron chi connectivity index (χ2n) is 13.6. The predicted molar refractivity (Wildman–Crippen MR) is 221 cm³/mol. The van der Waals surface area contributed by atoms with Gasteiger partial charge in [-0.3, -0.25) is 0 Å². The second kappa shape index (κ2) is 12.5. The van der Waals surface area contributed by atoms with Crippen molar-refractivity contribution in [3.63, 3.8) is 0 Å². The molecule has 0 N–H and O–H groups in total. The van der Waals surface area contributed by atoms with Crippen molar-refractivity contribution in [1.29, 1.82) is 10.5 Å². The van der Waals surface area contributed by atoms with Crippen LogP contribution in [0.5, 0.6) is 0 Å². The first-order valence-electron chi connectivity index (χ1n) is 18.0. The lowest BCUT2D eigenvalue weighted by Crippen LogP contribution is -1.99. The maximum absolute atomic E-state index is 10.1. The molecule has 250 valence electrons. The zero-order valence-corrected chi connectivity index (χ0v) is 29.1. The summed E-state index contributed by atoms with van der Waals surface area (Å²) in [6.45, 7) is 0. The molecule has 0 bridgehead atoms. The molecule has 54 heavy (non-hydrogen) atoms. The summed E-state index contributed by atoms with van der Waals surface area (Å²) < 4.78 is 4.69. The summed E-state index contributed by atoms with van der Waals surface area (Å²) in [7, 11) is 0. The Balaban J connectivity index is 1.33. The number of fused-ring (bicyclic) bond motifs is 6. The molecule has 0 radical (unpaired) electrons. The maximum atomic E-state index is 10.1. The molecule has 8 aromatic carbocycles. The van der Waals surface area contributed by atoms with Gasteiger partial charge in [-0.2, -0.15) is 10.5 Å². The minimum Gasteiger partial charge on any atom is -0.309 e. The van der Waals surface area contributed by atoms with Gasteiger partial charge in [-0.15, -0.1) is 0 Å². The summed E-state index contributed by atoms with van der Waals surface area (Å²) in [4.78, 5) is 0. The normalized spacial score (nSPS) is 11.3. The molecule has 0 fully saturated rings. The van der Waals surface area contributed by atoms with Gasteiger partial charge in [0.05, 0.1) is 33.2 Å². The highest BCUT2D eigenvalue weighted by Crippen LogP contribution is 2.43. The molecule has 0 aliphatic heterocycles. The lowest BCUT2D eigenvalue weighted by atomic mass is 9.97. The summed E-state index contributed by atoms with van der Waals surface area (Å²) in [6, 6.07) is 68.2. The molecule has 0 aliphatic carbocycles. The van der Waals surface area contributed by atoms with Crippen LogP contribution >= 0.6 is 0 Å². The first-order valence-corrected chi connectivity index (χ1v) is 18.0. The predicted octanol–water partition coefficient (Wildman–Crippen LogP) is 12.6. The van der Waals surface area contributed by atoms with Crippen molar-refractivity contribution < 1.29 is 0 Å². The van der Waals surface area contributed by atoms with Gasteiger partial charge in [-0.25, -0.2) is 0 Å². The van der Waals surface area contributed by atoms with E-state index in [1.165, 1.54) is 21.9 Å². The molecule has 2 heterocycles. The first-order chi connectivity index (χ1) is 26.7. The number of nitriles is 2. The van der Waals surface area contributed by atoms with Crippen LogP contribution in [0.15, 0.2) is 182 Å². The Labute approximate surface area is 312 Å². The molecule has 4 heteroatoms. The summed E-state index contributed by atoms with van der Waals surface area (Å²) >= 11 is 0. The lowest BCUT2D eigenvalue weighted by molar-refractivity contribution is 1.17. The van der Waals surface area contributed by atoms with Crippen LogP contribution in [0.1, 0.15) is 11.1 Å². The van der Waals surface area contributed by atoms with Gasteiger partial charge in [-0.1, -0.05) is 115 Å². The molecule has 2 aromatic heterocycles. The lowest BCUT2D eigenvalue weighted by Gasteiger charge is -2.16. The van der Waals surface area contributed by atoms with Crippen LogP contribution in [0.4, 0.5) is 0 Å². The van der Waals surface area contributed by atoms with Gasteiger partial charge < -0.3 is 9.13 Å². The third kappa shape index (κ3) is 4.90. The van der Waals surface area contributed by atoms with Crippen molar-refractivity contribution in [3.8, 4) is 56.9 Å². The van der Waals surface area contributed by atoms with E-state index in [2.05, 4.69) is 179 Å². The minimum absolute atomic E-state index is 0.356. The Morgan fingerprint density at radius 1 is 0.333 bits per heavy atom. The third-order valence-corrected chi connectivity index (χ3v) is 10.6. The SMILES string of the molecule is N#Cc1ccc(-c2cc(-n3c4ccc(-c5ccccc5)cc4c4cc(-c5ccccc5)ccc43)cc3c4ccccc4n(-c4ccccc4)c23)cc1C#N. The third-order valence-electron chi connectivity index (χ3n) is 10.6. The van der Waals surface area contributed by atoms with Gasteiger partial charge in [-0.05, 0) is 94.5 Å². The Hall–Kier alpha value is -7.66. The molecule has 0 amide bonds. The molecule has 0 atom stereocenters. The van der Waals surface area contributed by atoms with Gasteiger partial charge in [0.2, 0.25) is 0 Å². The highest BCUT2D eigenvalue weighted by molar-refractivity contribution is 6.16. The Morgan fingerprint density at radius 3 is 1.48 bits per heavy atom. The molecule has 0 saturated heterocycles. The second-order valence-corrected chi connectivity index (χ2v) is 13.6. The van der Waals surface area contributed by atoms with Crippen LogP contribution in [0, 0.1) is 22.7 Å². The molecular formula is C50H30N4. The van der Waals surface area contributed by atoms with E-state index >= 15 is 0 Å². The number of rotatable bonds is 5. The van der Waals surface area contributed by atoms with E-state index in [9.17, 15) is 10.5 Å². The average Bonchev–Trinajstić information content (AvgIpc) is 3.76. The fraction of sp³-hybridized carbons (Fsp3) is 0. The van der Waals surface area contributed by atoms with Crippen molar-refractivity contribution >= 4 is 43.6 Å². The molecule has 0 unspecified atom stereocenters. The summed E-state index contributed by atoms with van der Waals surface area (Å²) in [5.74, 6) is 0. The average molecular weight is 687 g/mol. The maximum Gasteiger partial charge on any atom is 0.101 e. The van der Waals surface area contributed by atoms with Crippen LogP contribution in [0.25, 0.3) is 88.4 Å². The van der Waals surface area contributed by atoms with Crippen molar-refractivity contribution in [1.82, 2.24) is 9.13 Å². The van der Waals surface area contributed by atoms with Crippen LogP contribution < -0.4 is 0 Å². The molecule has 0 saturated carbocycles. The number of nitrogens with zero attached hydrogens (tertiary/aromatic N) is 4. The van der Waals surface area contributed by atoms with E-state index in [4.69, 9.17) is 0 Å². The van der Waals surface area contributed by atoms with Gasteiger partial charge in [0.1, 0.15) is 12.1 Å². The number of para-hydroxylation sites is 2. The zero-order valence-electron chi connectivity index (χ0n) is 29.1. The molecule has 10 rings (SSSR count). The summed E-state index contributed by atoms with van der Waals surface area (Å²) in [6.07, 6.45) is 0. The van der Waals surface area contributed by atoms with Crippen LogP contribution in [-0.2, 0) is 0 Å². The van der Waals surface area contributed by atoms with E-state index in [-0.39, 0.29) is 0 Å². The van der Waals surface area contributed by atoms with E-state index in [1.54, 1.807) is 6.07 Å². The Kier molecular flexibility index (Phi) is 7.22. The highest BCUT2D eigenvalue weighted by Gasteiger charge is 2.22. The van der Waals surface area contributed by atoms with Gasteiger partial charge in [0, 0.05) is 38.5 Å². The van der Waals surface area contributed by atoms with E-state index in [0.717, 1.165) is 66.5 Å². The highest BCUT2D eigenvalue weighted by atomic mass is 15.0. The smallest absolute Gasteiger partial charge is 0.101 e. The van der Waals surface area contributed by atoms with Crippen LogP contribution in [0.3, 0.4) is 0 Å². The minimum atomic E-state index is 0.356. The van der Waals surface area contributed by atoms with Crippen LogP contribution in [0.2, 0.25) is 0 Å². The number of hydrogen-bond donors (Lipinski definition) is 0. The fourth-order valence-electron chi connectivity index (χ4n) is 8.10. The monoisotopic (exact) mass is 686 g/mol. The van der Waals surface area contributed by atoms with Crippen molar-refractivity contribution in [2.75, 3.05) is 0 Å². The summed E-state index contributed by atoms with van der Waals surface area (Å²) in [5.41, 5.74) is 13.6. The van der Waals surface area contributed by atoms with Gasteiger partial charge >= 0.3 is 0 Å². The van der Waals surface area contributed by atoms with E-state index < -0.39 is 0 Å². The number of hydrogen-bond acceptors (Lipinski definition) is 2.